The third-order valence-electron chi connectivity index (χ3n) is 3.07. The third kappa shape index (κ3) is 4.03. The van der Waals surface area contributed by atoms with Crippen LogP contribution in [-0.2, 0) is 5.75 Å². The van der Waals surface area contributed by atoms with Crippen molar-refractivity contribution in [1.29, 1.82) is 0 Å². The lowest BCUT2D eigenvalue weighted by Gasteiger charge is -2.27. The van der Waals surface area contributed by atoms with Crippen LogP contribution >= 0.6 is 11.8 Å². The topological polar surface area (TPSA) is 49.3 Å². The van der Waals surface area contributed by atoms with Crippen molar-refractivity contribution in [1.82, 2.24) is 5.32 Å². The monoisotopic (exact) mass is 267 g/mol. The van der Waals surface area contributed by atoms with Gasteiger partial charge in [0, 0.05) is 11.3 Å². The predicted octanol–water partition coefficient (Wildman–Crippen LogP) is 2.44. The molecule has 1 aromatic rings. The van der Waals surface area contributed by atoms with Gasteiger partial charge in [-0.25, -0.2) is 0 Å². The van der Waals surface area contributed by atoms with Crippen molar-refractivity contribution in [2.75, 3.05) is 12.9 Å². The van der Waals surface area contributed by atoms with Crippen LogP contribution in [0, 0.1) is 0 Å². The molecule has 0 fully saturated rings. The summed E-state index contributed by atoms with van der Waals surface area (Å²) < 4.78 is 0. The van der Waals surface area contributed by atoms with Gasteiger partial charge < -0.3 is 10.4 Å². The van der Waals surface area contributed by atoms with Gasteiger partial charge >= 0.3 is 0 Å². The number of benzene rings is 1. The number of hydrogen-bond acceptors (Lipinski definition) is 3. The molecule has 0 bridgehead atoms. The van der Waals surface area contributed by atoms with Gasteiger partial charge in [0.2, 0.25) is 0 Å². The molecule has 0 aliphatic rings. The van der Waals surface area contributed by atoms with Crippen LogP contribution in [0.5, 0.6) is 0 Å². The Kier molecular flexibility index (Phi) is 5.69. The van der Waals surface area contributed by atoms with E-state index in [1.807, 2.05) is 38.1 Å². The van der Waals surface area contributed by atoms with Crippen LogP contribution in [0.15, 0.2) is 24.3 Å². The molecule has 0 radical (unpaired) electrons. The fourth-order valence-corrected chi connectivity index (χ4v) is 2.03. The Labute approximate surface area is 113 Å². The van der Waals surface area contributed by atoms with E-state index in [1.165, 1.54) is 5.56 Å². The number of nitrogens with one attached hydrogen (secondary N) is 1. The summed E-state index contributed by atoms with van der Waals surface area (Å²) in [5.41, 5.74) is 1.29. The van der Waals surface area contributed by atoms with Crippen LogP contribution in [-0.4, -0.2) is 29.4 Å². The van der Waals surface area contributed by atoms with E-state index in [4.69, 9.17) is 0 Å². The molecule has 0 aliphatic heterocycles. The molecule has 1 rings (SSSR count). The summed E-state index contributed by atoms with van der Waals surface area (Å²) in [5.74, 6) is 0.815. The summed E-state index contributed by atoms with van der Waals surface area (Å²) in [7, 11) is 0. The molecule has 0 aromatic heterocycles. The second kappa shape index (κ2) is 6.81. The second-order valence-electron chi connectivity index (χ2n) is 4.66. The fraction of sp³-hybridized carbons (Fsp3) is 0.500. The van der Waals surface area contributed by atoms with Crippen molar-refractivity contribution in [2.45, 2.75) is 31.6 Å². The smallest absolute Gasteiger partial charge is 0.251 e. The molecule has 0 aliphatic carbocycles. The number of rotatable bonds is 6. The highest BCUT2D eigenvalue weighted by molar-refractivity contribution is 7.97. The van der Waals surface area contributed by atoms with Crippen LogP contribution in [0.1, 0.15) is 36.2 Å². The number of aliphatic hydroxyl groups excluding tert-OH is 1. The fourth-order valence-electron chi connectivity index (χ4n) is 1.50. The maximum absolute atomic E-state index is 12.0. The predicted molar refractivity (Wildman–Crippen MR) is 76.9 cm³/mol. The SMILES string of the molecule is CCC(C)(CO)NC(=O)c1ccc(CSC)cc1. The summed E-state index contributed by atoms with van der Waals surface area (Å²) in [6.45, 7) is 3.73. The molecule has 18 heavy (non-hydrogen) atoms. The largest absolute Gasteiger partial charge is 0.394 e. The number of carbonyl (C=O) groups is 1. The van der Waals surface area contributed by atoms with E-state index >= 15 is 0 Å². The van der Waals surface area contributed by atoms with E-state index in [0.29, 0.717) is 12.0 Å². The van der Waals surface area contributed by atoms with Gasteiger partial charge in [-0.2, -0.15) is 11.8 Å². The van der Waals surface area contributed by atoms with Crippen LogP contribution < -0.4 is 5.32 Å². The van der Waals surface area contributed by atoms with Crippen LogP contribution in [0.3, 0.4) is 0 Å². The first-order valence-electron chi connectivity index (χ1n) is 6.06. The highest BCUT2D eigenvalue weighted by Gasteiger charge is 2.23. The molecule has 2 N–H and O–H groups in total. The molecule has 1 amide bonds. The number of thioether (sulfide) groups is 1. The lowest BCUT2D eigenvalue weighted by Crippen LogP contribution is -2.48. The Hall–Kier alpha value is -1.00. The van der Waals surface area contributed by atoms with Gasteiger partial charge in [-0.15, -0.1) is 0 Å². The highest BCUT2D eigenvalue weighted by atomic mass is 32.2. The van der Waals surface area contributed by atoms with E-state index in [0.717, 1.165) is 5.75 Å². The number of aliphatic hydroxyl groups is 1. The Bertz CT molecular complexity index is 385. The summed E-state index contributed by atoms with van der Waals surface area (Å²) in [5, 5.41) is 12.1. The standard InChI is InChI=1S/C14H21NO2S/c1-4-14(2,10-16)15-13(17)12-7-5-11(6-8-12)9-18-3/h5-8,16H,4,9-10H2,1-3H3,(H,15,17). The number of carbonyl (C=O) groups excluding carboxylic acids is 1. The Morgan fingerprint density at radius 1 is 1.39 bits per heavy atom. The average Bonchev–Trinajstić information content (AvgIpc) is 2.39. The van der Waals surface area contributed by atoms with Gasteiger partial charge in [0.25, 0.3) is 5.91 Å². The minimum atomic E-state index is -0.547. The van der Waals surface area contributed by atoms with Gasteiger partial charge in [0.1, 0.15) is 0 Å². The first kappa shape index (κ1) is 15.1. The average molecular weight is 267 g/mol. The summed E-state index contributed by atoms with van der Waals surface area (Å²) in [6.07, 6.45) is 2.74. The molecule has 3 nitrogen and oxygen atoms in total. The maximum Gasteiger partial charge on any atom is 0.251 e. The summed E-state index contributed by atoms with van der Waals surface area (Å²) in [4.78, 5) is 12.0. The lowest BCUT2D eigenvalue weighted by atomic mass is 9.99. The van der Waals surface area contributed by atoms with Gasteiger partial charge in [0.15, 0.2) is 0 Å². The maximum atomic E-state index is 12.0. The molecule has 0 saturated heterocycles. The first-order chi connectivity index (χ1) is 8.54. The molecular weight excluding hydrogens is 246 g/mol. The Morgan fingerprint density at radius 2 is 2.00 bits per heavy atom. The molecule has 1 aromatic carbocycles. The van der Waals surface area contributed by atoms with E-state index in [1.54, 1.807) is 11.8 Å². The van der Waals surface area contributed by atoms with Gasteiger partial charge in [0.05, 0.1) is 12.1 Å². The van der Waals surface area contributed by atoms with Crippen LogP contribution in [0.4, 0.5) is 0 Å². The Balaban J connectivity index is 2.72. The highest BCUT2D eigenvalue weighted by Crippen LogP contribution is 2.13. The number of hydrogen-bond donors (Lipinski definition) is 2. The van der Waals surface area contributed by atoms with Crippen molar-refractivity contribution in [3.05, 3.63) is 35.4 Å². The quantitative estimate of drug-likeness (QED) is 0.832. The van der Waals surface area contributed by atoms with E-state index in [-0.39, 0.29) is 12.5 Å². The van der Waals surface area contributed by atoms with Crippen molar-refractivity contribution < 1.29 is 9.90 Å². The zero-order valence-corrected chi connectivity index (χ0v) is 12.0. The molecule has 0 spiro atoms. The van der Waals surface area contributed by atoms with Crippen LogP contribution in [0.25, 0.3) is 0 Å². The molecular formula is C14H21NO2S. The van der Waals surface area contributed by atoms with E-state index < -0.39 is 5.54 Å². The molecule has 0 heterocycles. The van der Waals surface area contributed by atoms with E-state index in [2.05, 4.69) is 11.6 Å². The summed E-state index contributed by atoms with van der Waals surface area (Å²) in [6, 6.07) is 7.59. The van der Waals surface area contributed by atoms with Crippen molar-refractivity contribution in [2.24, 2.45) is 0 Å². The van der Waals surface area contributed by atoms with Gasteiger partial charge in [-0.05, 0) is 37.3 Å². The molecule has 100 valence electrons. The lowest BCUT2D eigenvalue weighted by molar-refractivity contribution is 0.0847. The van der Waals surface area contributed by atoms with Crippen LogP contribution in [0.2, 0.25) is 0 Å². The van der Waals surface area contributed by atoms with Crippen molar-refractivity contribution in [3.63, 3.8) is 0 Å². The molecule has 1 atom stereocenters. The third-order valence-corrected chi connectivity index (χ3v) is 3.69. The summed E-state index contributed by atoms with van der Waals surface area (Å²) >= 11 is 1.75. The van der Waals surface area contributed by atoms with Gasteiger partial charge in [-0.3, -0.25) is 4.79 Å². The molecule has 4 heteroatoms. The molecule has 1 unspecified atom stereocenters. The van der Waals surface area contributed by atoms with Gasteiger partial charge in [-0.1, -0.05) is 19.1 Å². The Morgan fingerprint density at radius 3 is 2.44 bits per heavy atom. The zero-order valence-electron chi connectivity index (χ0n) is 11.2. The number of amides is 1. The zero-order chi connectivity index (χ0) is 13.6. The minimum absolute atomic E-state index is 0.0558. The second-order valence-corrected chi connectivity index (χ2v) is 5.52. The van der Waals surface area contributed by atoms with Crippen molar-refractivity contribution >= 4 is 17.7 Å². The molecule has 0 saturated carbocycles. The first-order valence-corrected chi connectivity index (χ1v) is 7.45. The van der Waals surface area contributed by atoms with E-state index in [9.17, 15) is 9.90 Å². The van der Waals surface area contributed by atoms with Crippen molar-refractivity contribution in [3.8, 4) is 0 Å². The normalized spacial score (nSPS) is 14.0. The minimum Gasteiger partial charge on any atom is -0.394 e.